The van der Waals surface area contributed by atoms with Crippen LogP contribution in [0.5, 0.6) is 0 Å². The molecule has 8 heteroatoms. The minimum Gasteiger partial charge on any atom is -0.391 e. The molecule has 0 aliphatic carbocycles. The van der Waals surface area contributed by atoms with Crippen LogP contribution < -0.4 is 21.3 Å². The Kier molecular flexibility index (Phi) is 43.2. The van der Waals surface area contributed by atoms with Gasteiger partial charge in [0.25, 0.3) is 0 Å². The molecule has 0 saturated carbocycles. The largest absolute Gasteiger partial charge is 0.391 e. The molecular formula is C50H90N4O4. The van der Waals surface area contributed by atoms with Crippen LogP contribution in [0.4, 0.5) is 0 Å². The molecular weight excluding hydrogens is 721 g/mol. The van der Waals surface area contributed by atoms with Gasteiger partial charge in [0.05, 0.1) is 12.1 Å². The molecule has 3 unspecified atom stereocenters. The van der Waals surface area contributed by atoms with Gasteiger partial charge in [-0.05, 0) is 93.2 Å². The van der Waals surface area contributed by atoms with Crippen LogP contribution in [-0.2, 0) is 27.2 Å². The predicted octanol–water partition coefficient (Wildman–Crippen LogP) is 10.9. The van der Waals surface area contributed by atoms with Crippen LogP contribution >= 0.6 is 0 Å². The Labute approximate surface area is 357 Å². The molecule has 334 valence electrons. The van der Waals surface area contributed by atoms with Gasteiger partial charge in [-0.2, -0.15) is 0 Å². The number of nitrogens with one attached hydrogen (secondary N) is 4. The number of hydrogen-bond donors (Lipinski definition) is 5. The van der Waals surface area contributed by atoms with Gasteiger partial charge < -0.3 is 26.4 Å². The number of aryl methyl sites for hydroxylation is 1. The second-order valence-corrected chi connectivity index (χ2v) is 15.5. The molecule has 0 saturated heterocycles. The number of carbonyl (C=O) groups is 3. The molecule has 2 rings (SSSR count). The summed E-state index contributed by atoms with van der Waals surface area (Å²) in [5.41, 5.74) is 2.53. The third-order valence-electron chi connectivity index (χ3n) is 9.63. The van der Waals surface area contributed by atoms with Gasteiger partial charge in [-0.25, -0.2) is 0 Å². The summed E-state index contributed by atoms with van der Waals surface area (Å²) in [4.78, 5) is 33.3. The molecule has 2 aromatic carbocycles. The van der Waals surface area contributed by atoms with Crippen LogP contribution in [0, 0.1) is 23.7 Å². The Balaban J connectivity index is -0.000000326. The van der Waals surface area contributed by atoms with Crippen LogP contribution in [0.25, 0.3) is 0 Å². The van der Waals surface area contributed by atoms with Gasteiger partial charge in [0.2, 0.25) is 12.3 Å². The summed E-state index contributed by atoms with van der Waals surface area (Å²) >= 11 is 0. The van der Waals surface area contributed by atoms with Crippen molar-refractivity contribution in [3.8, 4) is 0 Å². The number of hydrogen-bond acceptors (Lipinski definition) is 6. The average molecular weight is 811 g/mol. The van der Waals surface area contributed by atoms with E-state index in [1.54, 1.807) is 12.4 Å². The van der Waals surface area contributed by atoms with Gasteiger partial charge in [0, 0.05) is 18.5 Å². The number of rotatable bonds is 21. The molecule has 0 fully saturated rings. The van der Waals surface area contributed by atoms with Gasteiger partial charge in [-0.1, -0.05) is 170 Å². The van der Waals surface area contributed by atoms with Crippen LogP contribution in [0.3, 0.4) is 0 Å². The molecule has 0 aliphatic rings. The van der Waals surface area contributed by atoms with E-state index in [0.29, 0.717) is 37.1 Å². The quantitative estimate of drug-likeness (QED) is 0.0801. The molecule has 0 heterocycles. The van der Waals surface area contributed by atoms with E-state index in [1.807, 2.05) is 71.0 Å². The zero-order valence-electron chi connectivity index (χ0n) is 39.7. The van der Waals surface area contributed by atoms with E-state index in [2.05, 4.69) is 121 Å². The minimum absolute atomic E-state index is 0.0126. The topological polar surface area (TPSA) is 120 Å². The highest BCUT2D eigenvalue weighted by Crippen LogP contribution is 2.12. The third-order valence-corrected chi connectivity index (χ3v) is 9.63. The molecule has 5 atom stereocenters. The van der Waals surface area contributed by atoms with E-state index >= 15 is 0 Å². The van der Waals surface area contributed by atoms with Crippen molar-refractivity contribution >= 4 is 18.1 Å². The lowest BCUT2D eigenvalue weighted by atomic mass is 9.96. The number of carbonyl (C=O) groups excluding carboxylic acids is 3. The first-order valence-corrected chi connectivity index (χ1v) is 22.0. The Morgan fingerprint density at radius 3 is 1.48 bits per heavy atom. The third kappa shape index (κ3) is 36.4. The summed E-state index contributed by atoms with van der Waals surface area (Å²) in [6.45, 7) is 38.4. The van der Waals surface area contributed by atoms with E-state index in [-0.39, 0.29) is 30.2 Å². The zero-order chi connectivity index (χ0) is 45.5. The SMILES string of the molecule is C=CNC(CC)CC.C=CNC(Cc1ccccc1)[C@@H](O)CC(C)=O.CC.CC(C)CC(NC=O)C(=O)NC(C)C(C)C.CC[C@H](C)C(C)C.CCc1ccccc1. The van der Waals surface area contributed by atoms with Gasteiger partial charge >= 0.3 is 0 Å². The molecule has 0 radical (unpaired) electrons. The maximum atomic E-state index is 11.9. The molecule has 2 amide bonds. The maximum Gasteiger partial charge on any atom is 0.242 e. The Hall–Kier alpha value is -3.91. The molecule has 5 N–H and O–H groups in total. The molecule has 58 heavy (non-hydrogen) atoms. The summed E-state index contributed by atoms with van der Waals surface area (Å²) in [5, 5.41) is 21.6. The predicted molar refractivity (Wildman–Crippen MR) is 253 cm³/mol. The number of ketones is 1. The highest BCUT2D eigenvalue weighted by atomic mass is 16.3. The average Bonchev–Trinajstić information content (AvgIpc) is 3.21. The fourth-order valence-corrected chi connectivity index (χ4v) is 4.93. The first-order valence-electron chi connectivity index (χ1n) is 22.0. The van der Waals surface area contributed by atoms with Crippen LogP contribution in [-0.4, -0.2) is 53.5 Å². The Bertz CT molecular complexity index is 1230. The fraction of sp³-hybridized carbons (Fsp3) is 0.620. The normalized spacial score (nSPS) is 12.6. The number of benzene rings is 2. The monoisotopic (exact) mass is 811 g/mol. The first-order chi connectivity index (χ1) is 27.5. The highest BCUT2D eigenvalue weighted by Gasteiger charge is 2.21. The standard InChI is InChI=1S/C14H19NO2.C12H24N2O2.C8H10.C7H15N.C7H16.C2H6/c1-3-15-13(14(17)9-11(2)16)10-12-7-5-4-6-8-12;1-8(2)6-11(13-7-15)12(16)14-10(5)9(3)4;1-2-8-6-4-3-5-7-8;1-4-7(5-2)8-6-3;1-5-7(4)6(2)3;1-2/h3-8,13-15,17H,1,9-10H2,2H3;7-11H,6H2,1-5H3,(H,13,15)(H,14,16);3-7H,2H2,1H3;6-8H,3-5H2,1-2H3;6-7H,5H2,1-4H3;1-2H3/t13?,14-;;;;7-;/m0...0./s1. The molecule has 0 spiro atoms. The van der Waals surface area contributed by atoms with E-state index < -0.39 is 12.1 Å². The Morgan fingerprint density at radius 1 is 0.707 bits per heavy atom. The summed E-state index contributed by atoms with van der Waals surface area (Å²) in [6.07, 6.45) is 9.53. The second kappa shape index (κ2) is 41.3. The molecule has 2 aromatic rings. The van der Waals surface area contributed by atoms with Crippen LogP contribution in [0.2, 0.25) is 0 Å². The van der Waals surface area contributed by atoms with Gasteiger partial charge in [0.1, 0.15) is 11.8 Å². The summed E-state index contributed by atoms with van der Waals surface area (Å²) in [5.74, 6) is 2.42. The van der Waals surface area contributed by atoms with Crippen molar-refractivity contribution in [3.63, 3.8) is 0 Å². The van der Waals surface area contributed by atoms with Crippen molar-refractivity contribution < 1.29 is 19.5 Å². The number of aliphatic hydroxyl groups excluding tert-OH is 1. The van der Waals surface area contributed by atoms with Crippen LogP contribution in [0.1, 0.15) is 147 Å². The van der Waals surface area contributed by atoms with Crippen molar-refractivity contribution in [1.82, 2.24) is 21.3 Å². The van der Waals surface area contributed by atoms with Gasteiger partial charge in [-0.15, -0.1) is 0 Å². The summed E-state index contributed by atoms with van der Waals surface area (Å²) in [7, 11) is 0. The first kappa shape index (κ1) is 60.8. The lowest BCUT2D eigenvalue weighted by molar-refractivity contribution is -0.126. The number of Topliss-reactive ketones (excluding diaryl/α,β-unsaturated/α-hetero) is 1. The Morgan fingerprint density at radius 2 is 1.19 bits per heavy atom. The smallest absolute Gasteiger partial charge is 0.242 e. The molecule has 0 aromatic heterocycles. The number of amides is 2. The number of aliphatic hydroxyl groups is 1. The van der Waals surface area contributed by atoms with E-state index in [9.17, 15) is 19.5 Å². The maximum absolute atomic E-state index is 11.9. The fourth-order valence-electron chi connectivity index (χ4n) is 4.93. The minimum atomic E-state index is -0.689. The zero-order valence-corrected chi connectivity index (χ0v) is 39.7. The van der Waals surface area contributed by atoms with Crippen molar-refractivity contribution in [3.05, 3.63) is 97.3 Å². The second-order valence-electron chi connectivity index (χ2n) is 15.5. The van der Waals surface area contributed by atoms with E-state index in [4.69, 9.17) is 0 Å². The van der Waals surface area contributed by atoms with Gasteiger partial charge in [0.15, 0.2) is 0 Å². The highest BCUT2D eigenvalue weighted by molar-refractivity contribution is 5.83. The lowest BCUT2D eigenvalue weighted by Gasteiger charge is -2.23. The van der Waals surface area contributed by atoms with Crippen LogP contribution in [0.15, 0.2) is 86.2 Å². The molecule has 8 nitrogen and oxygen atoms in total. The van der Waals surface area contributed by atoms with E-state index in [1.165, 1.54) is 31.7 Å². The van der Waals surface area contributed by atoms with E-state index in [0.717, 1.165) is 23.8 Å². The summed E-state index contributed by atoms with van der Waals surface area (Å²) < 4.78 is 0. The van der Waals surface area contributed by atoms with Gasteiger partial charge in [-0.3, -0.25) is 14.4 Å². The van der Waals surface area contributed by atoms with Crippen molar-refractivity contribution in [2.75, 3.05) is 0 Å². The van der Waals surface area contributed by atoms with Crippen molar-refractivity contribution in [1.29, 1.82) is 0 Å². The van der Waals surface area contributed by atoms with Crippen molar-refractivity contribution in [2.24, 2.45) is 23.7 Å². The lowest BCUT2D eigenvalue weighted by Crippen LogP contribution is -2.48. The molecule has 0 bridgehead atoms. The summed E-state index contributed by atoms with van der Waals surface area (Å²) in [6, 6.07) is 20.5. The van der Waals surface area contributed by atoms with Crippen molar-refractivity contribution in [2.45, 2.75) is 179 Å². The molecule has 0 aliphatic heterocycles.